The van der Waals surface area contributed by atoms with Crippen LogP contribution in [0.25, 0.3) is 10.8 Å². The van der Waals surface area contributed by atoms with E-state index < -0.39 is 0 Å². The molecule has 8 heteroatoms. The molecule has 0 aliphatic heterocycles. The van der Waals surface area contributed by atoms with Crippen LogP contribution >= 0.6 is 11.8 Å². The fourth-order valence-electron chi connectivity index (χ4n) is 3.06. The second-order valence-corrected chi connectivity index (χ2v) is 7.57. The molecular formula is C21H19N5O2S. The van der Waals surface area contributed by atoms with E-state index in [2.05, 4.69) is 15.4 Å². The van der Waals surface area contributed by atoms with E-state index in [0.717, 1.165) is 10.1 Å². The summed E-state index contributed by atoms with van der Waals surface area (Å²) < 4.78 is 3.19. The van der Waals surface area contributed by atoms with E-state index in [4.69, 9.17) is 0 Å². The standard InChI is InChI=1S/C21H19N5O2S/c1-25-12-11-22-21(25)29-18-10-6-5-9-16(18)23-19(27)13-17-14-7-3-4-8-15(14)20(28)26(2)24-17/h3-12H,13H2,1-2H3,(H,23,27). The summed E-state index contributed by atoms with van der Waals surface area (Å²) in [6.07, 6.45) is 3.68. The smallest absolute Gasteiger partial charge is 0.274 e. The van der Waals surface area contributed by atoms with E-state index in [1.165, 1.54) is 16.4 Å². The molecule has 0 saturated carbocycles. The first-order valence-electron chi connectivity index (χ1n) is 9.02. The number of rotatable bonds is 5. The highest BCUT2D eigenvalue weighted by molar-refractivity contribution is 7.99. The number of hydrogen-bond acceptors (Lipinski definition) is 5. The number of fused-ring (bicyclic) bond motifs is 1. The van der Waals surface area contributed by atoms with Gasteiger partial charge >= 0.3 is 0 Å². The third kappa shape index (κ3) is 3.93. The van der Waals surface area contributed by atoms with Gasteiger partial charge in [-0.1, -0.05) is 30.3 Å². The van der Waals surface area contributed by atoms with Crippen molar-refractivity contribution in [2.24, 2.45) is 14.1 Å². The largest absolute Gasteiger partial charge is 0.329 e. The van der Waals surface area contributed by atoms with E-state index in [9.17, 15) is 9.59 Å². The highest BCUT2D eigenvalue weighted by Crippen LogP contribution is 2.32. The van der Waals surface area contributed by atoms with Gasteiger partial charge in [0, 0.05) is 36.8 Å². The van der Waals surface area contributed by atoms with Gasteiger partial charge < -0.3 is 9.88 Å². The molecule has 1 amide bonds. The number of amides is 1. The SMILES string of the molecule is Cn1ccnc1Sc1ccccc1NC(=O)Cc1nn(C)c(=O)c2ccccc12. The zero-order valence-corrected chi connectivity index (χ0v) is 16.8. The molecule has 146 valence electrons. The van der Waals surface area contributed by atoms with E-state index in [-0.39, 0.29) is 17.9 Å². The molecule has 4 aromatic rings. The van der Waals surface area contributed by atoms with Crippen LogP contribution in [0.1, 0.15) is 5.69 Å². The maximum atomic E-state index is 12.8. The van der Waals surface area contributed by atoms with Gasteiger partial charge in [-0.15, -0.1) is 0 Å². The number of imidazole rings is 1. The molecule has 29 heavy (non-hydrogen) atoms. The number of benzene rings is 2. The minimum atomic E-state index is -0.200. The summed E-state index contributed by atoms with van der Waals surface area (Å²) in [6.45, 7) is 0. The minimum absolute atomic E-state index is 0.0655. The van der Waals surface area contributed by atoms with Gasteiger partial charge in [-0.25, -0.2) is 9.67 Å². The minimum Gasteiger partial charge on any atom is -0.329 e. The predicted octanol–water partition coefficient (Wildman–Crippen LogP) is 3.00. The number of anilines is 1. The van der Waals surface area contributed by atoms with Crippen molar-refractivity contribution in [1.82, 2.24) is 19.3 Å². The number of carbonyl (C=O) groups is 1. The van der Waals surface area contributed by atoms with Gasteiger partial charge in [0.25, 0.3) is 5.56 Å². The molecule has 7 nitrogen and oxygen atoms in total. The Balaban J connectivity index is 1.59. The van der Waals surface area contributed by atoms with Crippen LogP contribution < -0.4 is 10.9 Å². The maximum absolute atomic E-state index is 12.8. The average Bonchev–Trinajstić information content (AvgIpc) is 3.12. The third-order valence-corrected chi connectivity index (χ3v) is 5.65. The van der Waals surface area contributed by atoms with E-state index in [0.29, 0.717) is 22.2 Å². The molecule has 0 aliphatic carbocycles. The molecule has 0 radical (unpaired) electrons. The first-order valence-corrected chi connectivity index (χ1v) is 9.83. The van der Waals surface area contributed by atoms with Gasteiger partial charge in [-0.3, -0.25) is 9.59 Å². The number of aryl methyl sites for hydroxylation is 2. The quantitative estimate of drug-likeness (QED) is 0.552. The molecule has 0 bridgehead atoms. The average molecular weight is 405 g/mol. The molecule has 2 aromatic carbocycles. The number of hydrogen-bond donors (Lipinski definition) is 1. The summed E-state index contributed by atoms with van der Waals surface area (Å²) in [4.78, 5) is 30.3. The summed E-state index contributed by atoms with van der Waals surface area (Å²) >= 11 is 1.48. The van der Waals surface area contributed by atoms with Crippen LogP contribution in [-0.2, 0) is 25.3 Å². The first kappa shape index (κ1) is 18.9. The number of nitrogens with one attached hydrogen (secondary N) is 1. The molecular weight excluding hydrogens is 386 g/mol. The molecule has 2 heterocycles. The van der Waals surface area contributed by atoms with Crippen LogP contribution in [0.5, 0.6) is 0 Å². The topological polar surface area (TPSA) is 81.8 Å². The van der Waals surface area contributed by atoms with Gasteiger partial charge in [0.1, 0.15) is 0 Å². The number of carbonyl (C=O) groups excluding carboxylic acids is 1. The van der Waals surface area contributed by atoms with Crippen molar-refractivity contribution in [1.29, 1.82) is 0 Å². The molecule has 0 fully saturated rings. The van der Waals surface area contributed by atoms with Gasteiger partial charge in [-0.2, -0.15) is 5.10 Å². The van der Waals surface area contributed by atoms with Crippen molar-refractivity contribution in [3.8, 4) is 0 Å². The molecule has 0 atom stereocenters. The maximum Gasteiger partial charge on any atom is 0.274 e. The molecule has 0 spiro atoms. The van der Waals surface area contributed by atoms with Gasteiger partial charge in [-0.05, 0) is 30.0 Å². The summed E-state index contributed by atoms with van der Waals surface area (Å²) in [7, 11) is 3.52. The van der Waals surface area contributed by atoms with Crippen LogP contribution in [0.3, 0.4) is 0 Å². The Hall–Kier alpha value is -3.39. The van der Waals surface area contributed by atoms with Crippen molar-refractivity contribution in [3.63, 3.8) is 0 Å². The second-order valence-electron chi connectivity index (χ2n) is 6.56. The lowest BCUT2D eigenvalue weighted by molar-refractivity contribution is -0.115. The Morgan fingerprint density at radius 1 is 1.07 bits per heavy atom. The highest BCUT2D eigenvalue weighted by atomic mass is 32.2. The lowest BCUT2D eigenvalue weighted by Crippen LogP contribution is -2.24. The monoisotopic (exact) mass is 405 g/mol. The predicted molar refractivity (Wildman–Crippen MR) is 113 cm³/mol. The highest BCUT2D eigenvalue weighted by Gasteiger charge is 2.14. The van der Waals surface area contributed by atoms with Crippen molar-refractivity contribution in [2.45, 2.75) is 16.5 Å². The number of para-hydroxylation sites is 1. The Kier molecular flexibility index (Phi) is 5.18. The second kappa shape index (κ2) is 7.92. The van der Waals surface area contributed by atoms with Crippen LogP contribution in [0.4, 0.5) is 5.69 Å². The fraction of sp³-hybridized carbons (Fsp3) is 0.143. The Labute approximate surface area is 171 Å². The van der Waals surface area contributed by atoms with Crippen molar-refractivity contribution >= 4 is 34.1 Å². The van der Waals surface area contributed by atoms with Crippen LogP contribution in [0.2, 0.25) is 0 Å². The van der Waals surface area contributed by atoms with Crippen LogP contribution in [0, 0.1) is 0 Å². The Morgan fingerprint density at radius 3 is 2.55 bits per heavy atom. The lowest BCUT2D eigenvalue weighted by atomic mass is 10.1. The van der Waals surface area contributed by atoms with Crippen molar-refractivity contribution < 1.29 is 4.79 Å². The summed E-state index contributed by atoms with van der Waals surface area (Å²) in [6, 6.07) is 14.8. The normalized spacial score (nSPS) is 11.0. The summed E-state index contributed by atoms with van der Waals surface area (Å²) in [5.41, 5.74) is 1.09. The first-order chi connectivity index (χ1) is 14.0. The van der Waals surface area contributed by atoms with Crippen LogP contribution in [-0.4, -0.2) is 25.2 Å². The molecule has 2 aromatic heterocycles. The molecule has 0 unspecified atom stereocenters. The fourth-order valence-corrected chi connectivity index (χ4v) is 3.95. The van der Waals surface area contributed by atoms with E-state index in [1.807, 2.05) is 54.2 Å². The van der Waals surface area contributed by atoms with Gasteiger partial charge in [0.2, 0.25) is 5.91 Å². The number of aromatic nitrogens is 4. The van der Waals surface area contributed by atoms with Crippen molar-refractivity contribution in [2.75, 3.05) is 5.32 Å². The van der Waals surface area contributed by atoms with E-state index >= 15 is 0 Å². The Morgan fingerprint density at radius 2 is 1.79 bits per heavy atom. The summed E-state index contributed by atoms with van der Waals surface area (Å²) in [5, 5.41) is 9.35. The van der Waals surface area contributed by atoms with Crippen molar-refractivity contribution in [3.05, 3.63) is 77.0 Å². The third-order valence-electron chi connectivity index (χ3n) is 4.50. The molecule has 0 saturated heterocycles. The number of nitrogens with zero attached hydrogens (tertiary/aromatic N) is 4. The lowest BCUT2D eigenvalue weighted by Gasteiger charge is -2.12. The van der Waals surface area contributed by atoms with Gasteiger partial charge in [0.15, 0.2) is 5.16 Å². The molecule has 0 aliphatic rings. The summed E-state index contributed by atoms with van der Waals surface area (Å²) in [5.74, 6) is -0.200. The van der Waals surface area contributed by atoms with Crippen LogP contribution in [0.15, 0.2) is 75.8 Å². The Bertz CT molecular complexity index is 1260. The molecule has 1 N–H and O–H groups in total. The van der Waals surface area contributed by atoms with E-state index in [1.54, 1.807) is 25.4 Å². The van der Waals surface area contributed by atoms with Gasteiger partial charge in [0.05, 0.1) is 23.2 Å². The zero-order chi connectivity index (χ0) is 20.4. The zero-order valence-electron chi connectivity index (χ0n) is 16.0. The molecule has 4 rings (SSSR count).